The Morgan fingerprint density at radius 2 is 2.38 bits per heavy atom. The summed E-state index contributed by atoms with van der Waals surface area (Å²) in [5.41, 5.74) is 0.995. The van der Waals surface area contributed by atoms with Crippen molar-refractivity contribution in [2.75, 3.05) is 6.61 Å². The number of hydrogen-bond donors (Lipinski definition) is 0. The fraction of sp³-hybridized carbons (Fsp3) is 0.400. The zero-order valence-electron chi connectivity index (χ0n) is 8.03. The molecule has 1 aromatic rings. The number of rotatable bonds is 4. The van der Waals surface area contributed by atoms with Crippen LogP contribution in [0, 0.1) is 0 Å². The molecule has 13 heavy (non-hydrogen) atoms. The standard InChI is InChI=1S/C10H14N2O/c1-4-7-13-10-11-6-5-9(12-10)8(2)3/h4-6,8H,1,7H2,2-3H3. The van der Waals surface area contributed by atoms with E-state index in [1.165, 1.54) is 0 Å². The molecular weight excluding hydrogens is 164 g/mol. The van der Waals surface area contributed by atoms with Gasteiger partial charge in [0.25, 0.3) is 0 Å². The van der Waals surface area contributed by atoms with E-state index in [0.29, 0.717) is 18.5 Å². The van der Waals surface area contributed by atoms with E-state index < -0.39 is 0 Å². The van der Waals surface area contributed by atoms with Crippen LogP contribution in [0.5, 0.6) is 6.01 Å². The highest BCUT2D eigenvalue weighted by molar-refractivity contribution is 5.09. The fourth-order valence-electron chi connectivity index (χ4n) is 0.879. The third-order valence-corrected chi connectivity index (χ3v) is 1.58. The first-order valence-electron chi connectivity index (χ1n) is 4.30. The van der Waals surface area contributed by atoms with E-state index in [0.717, 1.165) is 5.69 Å². The molecule has 0 fully saturated rings. The summed E-state index contributed by atoms with van der Waals surface area (Å²) in [4.78, 5) is 8.21. The van der Waals surface area contributed by atoms with Gasteiger partial charge in [-0.2, -0.15) is 4.98 Å². The summed E-state index contributed by atoms with van der Waals surface area (Å²) < 4.78 is 5.21. The van der Waals surface area contributed by atoms with Crippen molar-refractivity contribution in [2.45, 2.75) is 19.8 Å². The lowest BCUT2D eigenvalue weighted by Crippen LogP contribution is -2.01. The van der Waals surface area contributed by atoms with Crippen molar-refractivity contribution in [1.29, 1.82) is 0 Å². The average molecular weight is 178 g/mol. The third kappa shape index (κ3) is 2.86. The minimum atomic E-state index is 0.397. The van der Waals surface area contributed by atoms with Crippen molar-refractivity contribution in [3.8, 4) is 6.01 Å². The van der Waals surface area contributed by atoms with Crippen LogP contribution >= 0.6 is 0 Å². The maximum atomic E-state index is 5.21. The van der Waals surface area contributed by atoms with Crippen molar-refractivity contribution >= 4 is 0 Å². The van der Waals surface area contributed by atoms with Gasteiger partial charge in [-0.1, -0.05) is 26.5 Å². The van der Waals surface area contributed by atoms with Gasteiger partial charge in [0.15, 0.2) is 0 Å². The van der Waals surface area contributed by atoms with Gasteiger partial charge in [-0.3, -0.25) is 0 Å². The molecule has 0 bridgehead atoms. The summed E-state index contributed by atoms with van der Waals surface area (Å²) in [7, 11) is 0. The number of hydrogen-bond acceptors (Lipinski definition) is 3. The molecule has 1 aromatic heterocycles. The lowest BCUT2D eigenvalue weighted by molar-refractivity contribution is 0.331. The molecule has 0 amide bonds. The van der Waals surface area contributed by atoms with Crippen LogP contribution in [-0.4, -0.2) is 16.6 Å². The molecule has 0 spiro atoms. The van der Waals surface area contributed by atoms with Gasteiger partial charge in [-0.15, -0.1) is 0 Å². The number of aromatic nitrogens is 2. The Labute approximate surface area is 78.5 Å². The molecular formula is C10H14N2O. The van der Waals surface area contributed by atoms with Crippen LogP contribution in [0.3, 0.4) is 0 Å². The summed E-state index contributed by atoms with van der Waals surface area (Å²) in [6.45, 7) is 8.16. The van der Waals surface area contributed by atoms with E-state index in [1.807, 2.05) is 6.07 Å². The van der Waals surface area contributed by atoms with Crippen LogP contribution in [0.25, 0.3) is 0 Å². The van der Waals surface area contributed by atoms with E-state index in [1.54, 1.807) is 12.3 Å². The molecule has 0 N–H and O–H groups in total. The monoisotopic (exact) mass is 178 g/mol. The van der Waals surface area contributed by atoms with Crippen LogP contribution in [0.4, 0.5) is 0 Å². The van der Waals surface area contributed by atoms with E-state index in [4.69, 9.17) is 4.74 Å². The predicted molar refractivity (Wildman–Crippen MR) is 51.8 cm³/mol. The van der Waals surface area contributed by atoms with Gasteiger partial charge in [-0.25, -0.2) is 4.98 Å². The first kappa shape index (κ1) is 9.71. The lowest BCUT2D eigenvalue weighted by atomic mass is 10.1. The summed E-state index contributed by atoms with van der Waals surface area (Å²) in [6, 6.07) is 2.32. The SMILES string of the molecule is C=CCOc1nccc(C(C)C)n1. The Bertz CT molecular complexity index is 284. The molecule has 0 saturated heterocycles. The molecule has 1 heterocycles. The van der Waals surface area contributed by atoms with Gasteiger partial charge in [-0.05, 0) is 12.0 Å². The van der Waals surface area contributed by atoms with Crippen LogP contribution in [0.15, 0.2) is 24.9 Å². The molecule has 0 atom stereocenters. The predicted octanol–water partition coefficient (Wildman–Crippen LogP) is 2.16. The topological polar surface area (TPSA) is 35.0 Å². The fourth-order valence-corrected chi connectivity index (χ4v) is 0.879. The lowest BCUT2D eigenvalue weighted by Gasteiger charge is -2.05. The molecule has 0 aliphatic rings. The first-order valence-corrected chi connectivity index (χ1v) is 4.30. The highest BCUT2D eigenvalue weighted by Gasteiger charge is 2.02. The van der Waals surface area contributed by atoms with E-state index in [-0.39, 0.29) is 0 Å². The van der Waals surface area contributed by atoms with E-state index in [9.17, 15) is 0 Å². The smallest absolute Gasteiger partial charge is 0.316 e. The highest BCUT2D eigenvalue weighted by atomic mass is 16.5. The van der Waals surface area contributed by atoms with Gasteiger partial charge >= 0.3 is 6.01 Å². The molecule has 0 aliphatic heterocycles. The molecule has 1 rings (SSSR count). The summed E-state index contributed by atoms with van der Waals surface area (Å²) in [6.07, 6.45) is 3.38. The van der Waals surface area contributed by atoms with Crippen molar-refractivity contribution < 1.29 is 4.74 Å². The van der Waals surface area contributed by atoms with Gasteiger partial charge < -0.3 is 4.74 Å². The second kappa shape index (κ2) is 4.60. The van der Waals surface area contributed by atoms with Crippen molar-refractivity contribution in [3.05, 3.63) is 30.6 Å². The minimum absolute atomic E-state index is 0.397. The molecule has 0 unspecified atom stereocenters. The minimum Gasteiger partial charge on any atom is -0.459 e. The highest BCUT2D eigenvalue weighted by Crippen LogP contribution is 2.12. The van der Waals surface area contributed by atoms with Crippen LogP contribution in [0.2, 0.25) is 0 Å². The van der Waals surface area contributed by atoms with Crippen LogP contribution < -0.4 is 4.74 Å². The second-order valence-corrected chi connectivity index (χ2v) is 3.02. The van der Waals surface area contributed by atoms with Crippen molar-refractivity contribution in [3.63, 3.8) is 0 Å². The van der Waals surface area contributed by atoms with Crippen molar-refractivity contribution in [1.82, 2.24) is 9.97 Å². The molecule has 0 saturated carbocycles. The maximum Gasteiger partial charge on any atom is 0.316 e. The Morgan fingerprint density at radius 3 is 3.00 bits per heavy atom. The quantitative estimate of drug-likeness (QED) is 0.663. The molecule has 0 radical (unpaired) electrons. The first-order chi connectivity index (χ1) is 6.24. The maximum absolute atomic E-state index is 5.21. The van der Waals surface area contributed by atoms with Gasteiger partial charge in [0.05, 0.1) is 5.69 Å². The largest absolute Gasteiger partial charge is 0.459 e. The third-order valence-electron chi connectivity index (χ3n) is 1.58. The zero-order valence-corrected chi connectivity index (χ0v) is 8.03. The summed E-state index contributed by atoms with van der Waals surface area (Å²) in [5, 5.41) is 0. The molecule has 70 valence electrons. The number of ether oxygens (including phenoxy) is 1. The Balaban J connectivity index is 2.73. The van der Waals surface area contributed by atoms with Crippen molar-refractivity contribution in [2.24, 2.45) is 0 Å². The Morgan fingerprint density at radius 1 is 1.62 bits per heavy atom. The van der Waals surface area contributed by atoms with Crippen LogP contribution in [0.1, 0.15) is 25.5 Å². The zero-order chi connectivity index (χ0) is 9.68. The second-order valence-electron chi connectivity index (χ2n) is 3.02. The summed E-state index contributed by atoms with van der Waals surface area (Å²) in [5.74, 6) is 0.397. The van der Waals surface area contributed by atoms with E-state index >= 15 is 0 Å². The van der Waals surface area contributed by atoms with Gasteiger partial charge in [0.2, 0.25) is 0 Å². The molecule has 0 aromatic carbocycles. The van der Waals surface area contributed by atoms with Gasteiger partial charge in [0.1, 0.15) is 6.61 Å². The Kier molecular flexibility index (Phi) is 3.43. The summed E-state index contributed by atoms with van der Waals surface area (Å²) >= 11 is 0. The van der Waals surface area contributed by atoms with Crippen LogP contribution in [-0.2, 0) is 0 Å². The number of nitrogens with zero attached hydrogens (tertiary/aromatic N) is 2. The molecule has 3 nitrogen and oxygen atoms in total. The Hall–Kier alpha value is -1.38. The average Bonchev–Trinajstić information content (AvgIpc) is 2.15. The van der Waals surface area contributed by atoms with Gasteiger partial charge in [0, 0.05) is 6.20 Å². The molecule has 3 heteroatoms. The van der Waals surface area contributed by atoms with E-state index in [2.05, 4.69) is 30.4 Å². The molecule has 0 aliphatic carbocycles. The normalized spacial score (nSPS) is 10.1.